The van der Waals surface area contributed by atoms with Crippen LogP contribution in [0.25, 0.3) is 10.9 Å². The van der Waals surface area contributed by atoms with Crippen molar-refractivity contribution in [2.24, 2.45) is 0 Å². The summed E-state index contributed by atoms with van der Waals surface area (Å²) in [4.78, 5) is 17.1. The molecule has 0 spiro atoms. The van der Waals surface area contributed by atoms with Crippen molar-refractivity contribution in [3.63, 3.8) is 0 Å². The monoisotopic (exact) mass is 418 g/mol. The molecule has 0 saturated carbocycles. The van der Waals surface area contributed by atoms with Crippen LogP contribution < -0.4 is 9.46 Å². The first-order valence-corrected chi connectivity index (χ1v) is 10.7. The second-order valence-electron chi connectivity index (χ2n) is 6.67. The van der Waals surface area contributed by atoms with Crippen LogP contribution in [0.5, 0.6) is 11.6 Å². The van der Waals surface area contributed by atoms with Crippen LogP contribution in [-0.2, 0) is 10.0 Å². The van der Waals surface area contributed by atoms with Gasteiger partial charge in [0.2, 0.25) is 5.88 Å². The number of carbonyl (C=O) groups excluding carboxylic acids is 1. The van der Waals surface area contributed by atoms with E-state index in [9.17, 15) is 13.2 Å². The number of carbonyl (C=O) groups is 1. The molecule has 6 nitrogen and oxygen atoms in total. The number of para-hydroxylation sites is 1. The standard InChI is InChI=1S/C23H18N2O4S/c1-16-7-2-5-12-21(16)30(27,28)25-23(26)18-9-6-10-19(15-18)29-22-14-13-17-8-3-4-11-20(17)24-22/h2-15H,1H3,(H,25,26). The number of ether oxygens (including phenoxy) is 1. The Bertz CT molecular complexity index is 1350. The minimum atomic E-state index is -3.99. The van der Waals surface area contributed by atoms with Crippen molar-refractivity contribution < 1.29 is 17.9 Å². The lowest BCUT2D eigenvalue weighted by molar-refractivity contribution is 0.0981. The highest BCUT2D eigenvalue weighted by molar-refractivity contribution is 7.90. The third kappa shape index (κ3) is 4.16. The van der Waals surface area contributed by atoms with E-state index in [2.05, 4.69) is 9.71 Å². The summed E-state index contributed by atoms with van der Waals surface area (Å²) in [5.41, 5.74) is 1.50. The Morgan fingerprint density at radius 3 is 2.50 bits per heavy atom. The van der Waals surface area contributed by atoms with Gasteiger partial charge in [-0.2, -0.15) is 0 Å². The van der Waals surface area contributed by atoms with Gasteiger partial charge in [0.25, 0.3) is 15.9 Å². The number of sulfonamides is 1. The molecule has 0 radical (unpaired) electrons. The number of hydrogen-bond donors (Lipinski definition) is 1. The van der Waals surface area contributed by atoms with E-state index in [1.54, 1.807) is 43.3 Å². The van der Waals surface area contributed by atoms with Crippen LogP contribution in [0.4, 0.5) is 0 Å². The average molecular weight is 418 g/mol. The summed E-state index contributed by atoms with van der Waals surface area (Å²) in [5.74, 6) is 0.00712. The number of nitrogens with one attached hydrogen (secondary N) is 1. The van der Waals surface area contributed by atoms with Crippen molar-refractivity contribution >= 4 is 26.8 Å². The number of nitrogens with zero attached hydrogens (tertiary/aromatic N) is 1. The molecule has 0 unspecified atom stereocenters. The van der Waals surface area contributed by atoms with Crippen LogP contribution in [0.3, 0.4) is 0 Å². The van der Waals surface area contributed by atoms with Crippen molar-refractivity contribution in [3.05, 3.63) is 96.1 Å². The molecule has 4 rings (SSSR count). The molecule has 0 aliphatic heterocycles. The summed E-state index contributed by atoms with van der Waals surface area (Å²) < 4.78 is 33.0. The topological polar surface area (TPSA) is 85.4 Å². The zero-order valence-electron chi connectivity index (χ0n) is 16.1. The van der Waals surface area contributed by atoms with Gasteiger partial charge in [0.1, 0.15) is 5.75 Å². The minimum Gasteiger partial charge on any atom is -0.439 e. The maximum absolute atomic E-state index is 12.6. The minimum absolute atomic E-state index is 0.0612. The van der Waals surface area contributed by atoms with Crippen molar-refractivity contribution in [2.45, 2.75) is 11.8 Å². The van der Waals surface area contributed by atoms with E-state index in [0.717, 1.165) is 10.9 Å². The number of pyridine rings is 1. The van der Waals surface area contributed by atoms with Crippen LogP contribution in [0.1, 0.15) is 15.9 Å². The molecule has 3 aromatic carbocycles. The van der Waals surface area contributed by atoms with E-state index in [1.807, 2.05) is 30.3 Å². The maximum Gasteiger partial charge on any atom is 0.265 e. The summed E-state index contributed by atoms with van der Waals surface area (Å²) in [7, 11) is -3.99. The smallest absolute Gasteiger partial charge is 0.265 e. The third-order valence-corrected chi connectivity index (χ3v) is 5.99. The number of rotatable bonds is 5. The van der Waals surface area contributed by atoms with Crippen molar-refractivity contribution in [2.75, 3.05) is 0 Å². The van der Waals surface area contributed by atoms with E-state index in [0.29, 0.717) is 17.2 Å². The Hall–Kier alpha value is -3.71. The first-order chi connectivity index (χ1) is 14.4. The number of amides is 1. The Morgan fingerprint density at radius 1 is 0.900 bits per heavy atom. The van der Waals surface area contributed by atoms with Gasteiger partial charge in [-0.1, -0.05) is 42.5 Å². The van der Waals surface area contributed by atoms with Crippen LogP contribution in [0.2, 0.25) is 0 Å². The zero-order chi connectivity index (χ0) is 21.1. The highest BCUT2D eigenvalue weighted by Crippen LogP contribution is 2.23. The molecule has 4 aromatic rings. The summed E-state index contributed by atoms with van der Waals surface area (Å²) >= 11 is 0. The summed E-state index contributed by atoms with van der Waals surface area (Å²) in [6, 6.07) is 24.0. The van der Waals surface area contributed by atoms with Gasteiger partial charge < -0.3 is 4.74 Å². The quantitative estimate of drug-likeness (QED) is 0.517. The number of hydrogen-bond acceptors (Lipinski definition) is 5. The largest absolute Gasteiger partial charge is 0.439 e. The van der Waals surface area contributed by atoms with E-state index in [1.165, 1.54) is 18.2 Å². The van der Waals surface area contributed by atoms with E-state index >= 15 is 0 Å². The molecule has 150 valence electrons. The first kappa shape index (κ1) is 19.6. The number of aromatic nitrogens is 1. The lowest BCUT2D eigenvalue weighted by Crippen LogP contribution is -2.31. The molecule has 7 heteroatoms. The zero-order valence-corrected chi connectivity index (χ0v) is 16.9. The Morgan fingerprint density at radius 2 is 1.67 bits per heavy atom. The average Bonchev–Trinajstić information content (AvgIpc) is 2.74. The summed E-state index contributed by atoms with van der Waals surface area (Å²) in [5, 5.41) is 0.986. The van der Waals surface area contributed by atoms with E-state index in [-0.39, 0.29) is 10.5 Å². The van der Waals surface area contributed by atoms with Gasteiger partial charge in [0, 0.05) is 17.0 Å². The van der Waals surface area contributed by atoms with Gasteiger partial charge >= 0.3 is 0 Å². The van der Waals surface area contributed by atoms with Gasteiger partial charge in [-0.05, 0) is 48.9 Å². The van der Waals surface area contributed by atoms with Gasteiger partial charge in [-0.3, -0.25) is 4.79 Å². The Labute approximate surface area is 174 Å². The second-order valence-corrected chi connectivity index (χ2v) is 8.32. The normalized spacial score (nSPS) is 11.2. The molecule has 1 amide bonds. The number of fused-ring (bicyclic) bond motifs is 1. The fraction of sp³-hybridized carbons (Fsp3) is 0.0435. The van der Waals surface area contributed by atoms with E-state index in [4.69, 9.17) is 4.74 Å². The SMILES string of the molecule is Cc1ccccc1S(=O)(=O)NC(=O)c1cccc(Oc2ccc3ccccc3n2)c1. The van der Waals surface area contributed by atoms with Gasteiger partial charge in [0.15, 0.2) is 0 Å². The van der Waals surface area contributed by atoms with Gasteiger partial charge in [-0.15, -0.1) is 0 Å². The predicted molar refractivity (Wildman–Crippen MR) is 114 cm³/mol. The van der Waals surface area contributed by atoms with Crippen molar-refractivity contribution in [3.8, 4) is 11.6 Å². The molecule has 1 heterocycles. The number of benzene rings is 3. The fourth-order valence-corrected chi connectivity index (χ4v) is 4.24. The lowest BCUT2D eigenvalue weighted by Gasteiger charge is -2.10. The molecule has 0 fully saturated rings. The fourth-order valence-electron chi connectivity index (χ4n) is 3.02. The van der Waals surface area contributed by atoms with Crippen LogP contribution >= 0.6 is 0 Å². The highest BCUT2D eigenvalue weighted by atomic mass is 32.2. The first-order valence-electron chi connectivity index (χ1n) is 9.19. The molecule has 0 saturated heterocycles. The Balaban J connectivity index is 1.55. The number of aryl methyl sites for hydroxylation is 1. The van der Waals surface area contributed by atoms with Crippen LogP contribution in [0.15, 0.2) is 89.8 Å². The molecule has 0 aliphatic rings. The molecular formula is C23H18N2O4S. The van der Waals surface area contributed by atoms with Gasteiger partial charge in [-0.25, -0.2) is 18.1 Å². The van der Waals surface area contributed by atoms with Gasteiger partial charge in [0.05, 0.1) is 10.4 Å². The predicted octanol–water partition coefficient (Wildman–Crippen LogP) is 4.45. The second kappa shape index (κ2) is 7.96. The molecule has 0 bridgehead atoms. The van der Waals surface area contributed by atoms with E-state index < -0.39 is 15.9 Å². The lowest BCUT2D eigenvalue weighted by atomic mass is 10.2. The summed E-state index contributed by atoms with van der Waals surface area (Å²) in [6.45, 7) is 1.67. The molecule has 30 heavy (non-hydrogen) atoms. The van der Waals surface area contributed by atoms with Crippen LogP contribution in [0, 0.1) is 6.92 Å². The highest BCUT2D eigenvalue weighted by Gasteiger charge is 2.20. The third-order valence-electron chi connectivity index (χ3n) is 4.50. The summed E-state index contributed by atoms with van der Waals surface area (Å²) in [6.07, 6.45) is 0. The molecule has 0 atom stereocenters. The molecule has 1 N–H and O–H groups in total. The Kier molecular flexibility index (Phi) is 5.20. The molecule has 1 aromatic heterocycles. The van der Waals surface area contributed by atoms with Crippen molar-refractivity contribution in [1.82, 2.24) is 9.71 Å². The molecule has 0 aliphatic carbocycles. The maximum atomic E-state index is 12.6. The molecular weight excluding hydrogens is 400 g/mol. The van der Waals surface area contributed by atoms with Crippen LogP contribution in [-0.4, -0.2) is 19.3 Å². The van der Waals surface area contributed by atoms with Crippen molar-refractivity contribution in [1.29, 1.82) is 0 Å².